The van der Waals surface area contributed by atoms with Crippen LogP contribution in [0.4, 0.5) is 0 Å². The molecule has 0 radical (unpaired) electrons. The van der Waals surface area contributed by atoms with Crippen LogP contribution in [0.5, 0.6) is 0 Å². The van der Waals surface area contributed by atoms with Crippen LogP contribution in [0.25, 0.3) is 0 Å². The second kappa shape index (κ2) is 7.02. The maximum absolute atomic E-state index is 3.67. The van der Waals surface area contributed by atoms with E-state index in [1.54, 1.807) is 0 Å². The number of hydrogen-bond acceptors (Lipinski definition) is 0. The lowest BCUT2D eigenvalue weighted by molar-refractivity contribution is 0.932. The normalized spacial score (nSPS) is 11.6. The van der Waals surface area contributed by atoms with Crippen LogP contribution < -0.4 is 0 Å². The third-order valence-electron chi connectivity index (χ3n) is 1.32. The molecule has 0 aromatic carbocycles. The number of unbranched alkanes of at least 4 members (excludes halogenated alkanes) is 1. The first-order chi connectivity index (χ1) is 4.81. The molecule has 0 rings (SSSR count). The van der Waals surface area contributed by atoms with E-state index >= 15 is 0 Å². The van der Waals surface area contributed by atoms with Gasteiger partial charge in [-0.15, -0.1) is 15.8 Å². The molecule has 1 unspecified atom stereocenters. The minimum Gasteiger partial charge on any atom is -0.110 e. The highest BCUT2D eigenvalue weighted by atomic mass is 31.0. The van der Waals surface area contributed by atoms with Crippen LogP contribution in [0.1, 0.15) is 32.6 Å². The second-order valence-electron chi connectivity index (χ2n) is 2.40. The molecule has 0 aromatic heterocycles. The van der Waals surface area contributed by atoms with Gasteiger partial charge in [-0.3, -0.25) is 0 Å². The van der Waals surface area contributed by atoms with Crippen LogP contribution in [0.2, 0.25) is 0 Å². The Labute approximate surface area is 66.6 Å². The number of hydrogen-bond donors (Lipinski definition) is 0. The standard InChI is InChI=1S/C9H17P/c1-3-5-6-8-9(10)7-4-2/h3,8H,1,4-7,10H2,2H3/b9-8-. The number of rotatable bonds is 5. The van der Waals surface area contributed by atoms with E-state index < -0.39 is 0 Å². The van der Waals surface area contributed by atoms with Crippen molar-refractivity contribution in [1.29, 1.82) is 0 Å². The Hall–Kier alpha value is -0.0900. The third kappa shape index (κ3) is 6.04. The van der Waals surface area contributed by atoms with Gasteiger partial charge < -0.3 is 0 Å². The highest BCUT2D eigenvalue weighted by Crippen LogP contribution is 2.13. The third-order valence-corrected chi connectivity index (χ3v) is 1.84. The fourth-order valence-electron chi connectivity index (χ4n) is 0.777. The van der Waals surface area contributed by atoms with Crippen molar-refractivity contribution in [1.82, 2.24) is 0 Å². The van der Waals surface area contributed by atoms with E-state index in [0.29, 0.717) is 0 Å². The van der Waals surface area contributed by atoms with Crippen LogP contribution >= 0.6 is 9.24 Å². The van der Waals surface area contributed by atoms with E-state index in [9.17, 15) is 0 Å². The summed E-state index contributed by atoms with van der Waals surface area (Å²) in [5.74, 6) is 0. The Morgan fingerprint density at radius 3 is 2.70 bits per heavy atom. The predicted molar refractivity (Wildman–Crippen MR) is 52.1 cm³/mol. The molecule has 0 fully saturated rings. The topological polar surface area (TPSA) is 0 Å². The fraction of sp³-hybridized carbons (Fsp3) is 0.556. The monoisotopic (exact) mass is 156 g/mol. The average Bonchev–Trinajstić information content (AvgIpc) is 1.89. The zero-order valence-electron chi connectivity index (χ0n) is 6.77. The minimum absolute atomic E-state index is 1.10. The second-order valence-corrected chi connectivity index (χ2v) is 3.14. The van der Waals surface area contributed by atoms with Gasteiger partial charge in [-0.1, -0.05) is 30.8 Å². The molecule has 0 saturated carbocycles. The molecular weight excluding hydrogens is 139 g/mol. The van der Waals surface area contributed by atoms with Gasteiger partial charge in [-0.2, -0.15) is 0 Å². The first-order valence-corrected chi connectivity index (χ1v) is 4.44. The van der Waals surface area contributed by atoms with Crippen molar-refractivity contribution in [3.05, 3.63) is 24.0 Å². The molecule has 0 heterocycles. The molecule has 0 amide bonds. The van der Waals surface area contributed by atoms with E-state index in [1.807, 2.05) is 6.08 Å². The van der Waals surface area contributed by atoms with Crippen molar-refractivity contribution in [2.75, 3.05) is 0 Å². The fourth-order valence-corrected chi connectivity index (χ4v) is 1.23. The van der Waals surface area contributed by atoms with E-state index in [2.05, 4.69) is 28.8 Å². The van der Waals surface area contributed by atoms with Crippen molar-refractivity contribution >= 4 is 9.24 Å². The maximum Gasteiger partial charge on any atom is -0.0285 e. The van der Waals surface area contributed by atoms with Gasteiger partial charge in [0, 0.05) is 0 Å². The molecule has 1 atom stereocenters. The van der Waals surface area contributed by atoms with Crippen molar-refractivity contribution in [2.45, 2.75) is 32.6 Å². The molecule has 0 aliphatic carbocycles. The van der Waals surface area contributed by atoms with Gasteiger partial charge in [0.25, 0.3) is 0 Å². The van der Waals surface area contributed by atoms with Crippen LogP contribution in [0.3, 0.4) is 0 Å². The van der Waals surface area contributed by atoms with Gasteiger partial charge in [0.15, 0.2) is 0 Å². The quantitative estimate of drug-likeness (QED) is 0.324. The SMILES string of the molecule is C=CCC/C=C(\P)CCC. The molecule has 0 saturated heterocycles. The summed E-state index contributed by atoms with van der Waals surface area (Å²) in [7, 11) is 2.78. The zero-order valence-corrected chi connectivity index (χ0v) is 7.92. The number of allylic oxidation sites excluding steroid dienone is 3. The first-order valence-electron chi connectivity index (χ1n) is 3.86. The lowest BCUT2D eigenvalue weighted by Gasteiger charge is -1.95. The van der Waals surface area contributed by atoms with Crippen molar-refractivity contribution in [3.63, 3.8) is 0 Å². The lowest BCUT2D eigenvalue weighted by Crippen LogP contribution is -1.71. The van der Waals surface area contributed by atoms with Gasteiger partial charge in [-0.05, 0) is 19.3 Å². The highest BCUT2D eigenvalue weighted by molar-refractivity contribution is 7.22. The van der Waals surface area contributed by atoms with Gasteiger partial charge in [0.05, 0.1) is 0 Å². The summed E-state index contributed by atoms with van der Waals surface area (Å²) in [5, 5.41) is 1.43. The van der Waals surface area contributed by atoms with Crippen molar-refractivity contribution in [3.8, 4) is 0 Å². The van der Waals surface area contributed by atoms with Crippen molar-refractivity contribution in [2.24, 2.45) is 0 Å². The predicted octanol–water partition coefficient (Wildman–Crippen LogP) is 3.51. The first kappa shape index (κ1) is 9.91. The van der Waals surface area contributed by atoms with Crippen LogP contribution in [0.15, 0.2) is 24.0 Å². The molecule has 1 heteroatoms. The van der Waals surface area contributed by atoms with E-state index in [4.69, 9.17) is 0 Å². The van der Waals surface area contributed by atoms with Gasteiger partial charge in [0.1, 0.15) is 0 Å². The molecule has 0 aliphatic rings. The molecule has 10 heavy (non-hydrogen) atoms. The zero-order chi connectivity index (χ0) is 7.82. The molecule has 0 nitrogen and oxygen atoms in total. The maximum atomic E-state index is 3.67. The summed E-state index contributed by atoms with van der Waals surface area (Å²) in [6.07, 6.45) is 8.92. The summed E-state index contributed by atoms with van der Waals surface area (Å²) in [5.41, 5.74) is 0. The molecule has 0 bridgehead atoms. The Balaban J connectivity index is 3.36. The minimum atomic E-state index is 1.10. The lowest BCUT2D eigenvalue weighted by atomic mass is 10.2. The summed E-state index contributed by atoms with van der Waals surface area (Å²) in [6, 6.07) is 0. The Morgan fingerprint density at radius 1 is 1.50 bits per heavy atom. The van der Waals surface area contributed by atoms with Gasteiger partial charge >= 0.3 is 0 Å². The van der Waals surface area contributed by atoms with Gasteiger partial charge in [-0.25, -0.2) is 0 Å². The van der Waals surface area contributed by atoms with Crippen LogP contribution in [-0.2, 0) is 0 Å². The summed E-state index contributed by atoms with van der Waals surface area (Å²) >= 11 is 0. The largest absolute Gasteiger partial charge is 0.110 e. The molecule has 0 aromatic rings. The van der Waals surface area contributed by atoms with E-state index in [0.717, 1.165) is 12.8 Å². The van der Waals surface area contributed by atoms with E-state index in [-0.39, 0.29) is 0 Å². The molecular formula is C9H17P. The Morgan fingerprint density at radius 2 is 2.20 bits per heavy atom. The highest BCUT2D eigenvalue weighted by Gasteiger charge is 1.84. The smallest absolute Gasteiger partial charge is 0.0285 e. The molecule has 0 N–H and O–H groups in total. The van der Waals surface area contributed by atoms with Crippen molar-refractivity contribution < 1.29 is 0 Å². The van der Waals surface area contributed by atoms with Crippen LogP contribution in [-0.4, -0.2) is 0 Å². The average molecular weight is 156 g/mol. The summed E-state index contributed by atoms with van der Waals surface area (Å²) in [6.45, 7) is 5.87. The van der Waals surface area contributed by atoms with Gasteiger partial charge in [0.2, 0.25) is 0 Å². The Bertz CT molecular complexity index is 114. The molecule has 0 spiro atoms. The van der Waals surface area contributed by atoms with E-state index in [1.165, 1.54) is 18.2 Å². The summed E-state index contributed by atoms with van der Waals surface area (Å²) < 4.78 is 0. The summed E-state index contributed by atoms with van der Waals surface area (Å²) in [4.78, 5) is 0. The Kier molecular flexibility index (Phi) is 6.96. The molecule has 0 aliphatic heterocycles. The van der Waals surface area contributed by atoms with Crippen LogP contribution in [0, 0.1) is 0 Å². The molecule has 58 valence electrons.